The molecule has 0 fully saturated rings. The number of aromatic nitrogens is 1. The SMILES string of the molecule is CC(C)(C)OC(=O)N(C(=O)[C@H](N)Cc1ccc(C#N)cc1)c1ccc(-c2ccncc2)cc1. The van der Waals surface area contributed by atoms with Crippen molar-refractivity contribution in [2.75, 3.05) is 4.90 Å². The molecule has 168 valence electrons. The zero-order valence-corrected chi connectivity index (χ0v) is 18.9. The Morgan fingerprint density at radius 1 is 1.00 bits per heavy atom. The lowest BCUT2D eigenvalue weighted by atomic mass is 10.0. The molecule has 0 aliphatic carbocycles. The van der Waals surface area contributed by atoms with Gasteiger partial charge in [-0.25, -0.2) is 9.69 Å². The number of hydrogen-bond donors (Lipinski definition) is 1. The highest BCUT2D eigenvalue weighted by Crippen LogP contribution is 2.25. The molecule has 0 spiro atoms. The number of amides is 2. The third-order valence-corrected chi connectivity index (χ3v) is 4.79. The van der Waals surface area contributed by atoms with Crippen LogP contribution in [0.25, 0.3) is 11.1 Å². The number of rotatable bonds is 5. The van der Waals surface area contributed by atoms with Crippen LogP contribution in [-0.2, 0) is 16.0 Å². The van der Waals surface area contributed by atoms with E-state index in [2.05, 4.69) is 11.1 Å². The summed E-state index contributed by atoms with van der Waals surface area (Å²) in [4.78, 5) is 31.3. The number of nitriles is 1. The topological polar surface area (TPSA) is 109 Å². The Hall–Kier alpha value is -4.02. The maximum absolute atomic E-state index is 13.3. The summed E-state index contributed by atoms with van der Waals surface area (Å²) in [6.07, 6.45) is 2.81. The molecule has 33 heavy (non-hydrogen) atoms. The van der Waals surface area contributed by atoms with Crippen molar-refractivity contribution in [3.05, 3.63) is 84.2 Å². The normalized spacial score (nSPS) is 11.8. The predicted molar refractivity (Wildman–Crippen MR) is 126 cm³/mol. The van der Waals surface area contributed by atoms with Gasteiger partial charge in [0.2, 0.25) is 0 Å². The lowest BCUT2D eigenvalue weighted by Gasteiger charge is -2.28. The fourth-order valence-corrected chi connectivity index (χ4v) is 3.20. The number of imide groups is 1. The molecule has 0 radical (unpaired) electrons. The number of carbonyl (C=O) groups excluding carboxylic acids is 2. The van der Waals surface area contributed by atoms with Crippen LogP contribution in [0.15, 0.2) is 73.1 Å². The summed E-state index contributed by atoms with van der Waals surface area (Å²) in [6.45, 7) is 5.20. The number of nitrogens with two attached hydrogens (primary N) is 1. The van der Waals surface area contributed by atoms with E-state index >= 15 is 0 Å². The van der Waals surface area contributed by atoms with E-state index in [1.807, 2.05) is 24.3 Å². The van der Waals surface area contributed by atoms with E-state index in [4.69, 9.17) is 15.7 Å². The van der Waals surface area contributed by atoms with E-state index in [1.54, 1.807) is 69.6 Å². The Balaban J connectivity index is 1.87. The molecular formula is C26H26N4O3. The Morgan fingerprint density at radius 3 is 2.12 bits per heavy atom. The number of nitrogens with zero attached hydrogens (tertiary/aromatic N) is 3. The Labute approximate surface area is 193 Å². The average Bonchev–Trinajstić information content (AvgIpc) is 2.79. The van der Waals surface area contributed by atoms with Gasteiger partial charge in [0.1, 0.15) is 5.60 Å². The standard InChI is InChI=1S/C26H26N4O3/c1-26(2,3)33-25(32)30(22-10-8-20(9-11-22)21-12-14-29-15-13-21)24(31)23(28)16-18-4-6-19(17-27)7-5-18/h4-15,23H,16,28H2,1-3H3/t23-/m1/s1. The molecule has 3 aromatic rings. The minimum Gasteiger partial charge on any atom is -0.443 e. The van der Waals surface area contributed by atoms with Crippen molar-refractivity contribution in [3.8, 4) is 17.2 Å². The van der Waals surface area contributed by atoms with Gasteiger partial charge in [-0.2, -0.15) is 5.26 Å². The summed E-state index contributed by atoms with van der Waals surface area (Å²) >= 11 is 0. The quantitative estimate of drug-likeness (QED) is 0.625. The summed E-state index contributed by atoms with van der Waals surface area (Å²) in [5.74, 6) is -0.578. The first-order valence-corrected chi connectivity index (χ1v) is 10.5. The predicted octanol–water partition coefficient (Wildman–Crippen LogP) is 4.46. The maximum Gasteiger partial charge on any atom is 0.421 e. The second-order valence-electron chi connectivity index (χ2n) is 8.56. The number of anilines is 1. The van der Waals surface area contributed by atoms with Crippen LogP contribution in [0, 0.1) is 11.3 Å². The lowest BCUT2D eigenvalue weighted by Crippen LogP contribution is -2.49. The number of benzene rings is 2. The van der Waals surface area contributed by atoms with Crippen molar-refractivity contribution >= 4 is 17.7 Å². The molecule has 0 unspecified atom stereocenters. The highest BCUT2D eigenvalue weighted by atomic mass is 16.6. The first kappa shape index (κ1) is 23.6. The van der Waals surface area contributed by atoms with Gasteiger partial charge in [0.05, 0.1) is 23.4 Å². The molecule has 0 bridgehead atoms. The lowest BCUT2D eigenvalue weighted by molar-refractivity contribution is -0.119. The second-order valence-corrected chi connectivity index (χ2v) is 8.56. The molecule has 0 aliphatic rings. The third-order valence-electron chi connectivity index (χ3n) is 4.79. The van der Waals surface area contributed by atoms with Crippen LogP contribution in [-0.4, -0.2) is 28.6 Å². The maximum atomic E-state index is 13.3. The van der Waals surface area contributed by atoms with Gasteiger partial charge >= 0.3 is 6.09 Å². The Kier molecular flexibility index (Phi) is 7.21. The third kappa shape index (κ3) is 6.25. The van der Waals surface area contributed by atoms with Crippen LogP contribution in [0.2, 0.25) is 0 Å². The van der Waals surface area contributed by atoms with Gasteiger partial charge in [-0.1, -0.05) is 24.3 Å². The van der Waals surface area contributed by atoms with E-state index in [0.29, 0.717) is 11.3 Å². The molecule has 1 aromatic heterocycles. The zero-order chi connectivity index (χ0) is 24.0. The van der Waals surface area contributed by atoms with E-state index in [0.717, 1.165) is 21.6 Å². The van der Waals surface area contributed by atoms with Crippen molar-refractivity contribution in [3.63, 3.8) is 0 Å². The molecule has 2 aromatic carbocycles. The van der Waals surface area contributed by atoms with Gasteiger partial charge in [0.15, 0.2) is 0 Å². The minimum absolute atomic E-state index is 0.207. The Morgan fingerprint density at radius 2 is 1.58 bits per heavy atom. The zero-order valence-electron chi connectivity index (χ0n) is 18.9. The number of carbonyl (C=O) groups is 2. The van der Waals surface area contributed by atoms with Gasteiger partial charge in [-0.05, 0) is 80.3 Å². The summed E-state index contributed by atoms with van der Waals surface area (Å²) in [5.41, 5.74) is 8.96. The van der Waals surface area contributed by atoms with Gasteiger partial charge in [0.25, 0.3) is 5.91 Å². The molecule has 2 amide bonds. The van der Waals surface area contributed by atoms with Crippen molar-refractivity contribution in [1.82, 2.24) is 4.98 Å². The average molecular weight is 443 g/mol. The molecule has 7 heteroatoms. The Bertz CT molecular complexity index is 1150. The first-order chi connectivity index (χ1) is 15.7. The van der Waals surface area contributed by atoms with Gasteiger partial charge in [0, 0.05) is 12.4 Å². The molecule has 1 atom stereocenters. The summed E-state index contributed by atoms with van der Waals surface area (Å²) in [7, 11) is 0. The molecule has 0 saturated carbocycles. The van der Waals surface area contributed by atoms with E-state index in [9.17, 15) is 9.59 Å². The van der Waals surface area contributed by atoms with Crippen molar-refractivity contribution in [2.45, 2.75) is 38.8 Å². The fourth-order valence-electron chi connectivity index (χ4n) is 3.20. The van der Waals surface area contributed by atoms with Crippen molar-refractivity contribution in [1.29, 1.82) is 5.26 Å². The molecule has 2 N–H and O–H groups in total. The second kappa shape index (κ2) is 10.1. The molecule has 7 nitrogen and oxygen atoms in total. The highest BCUT2D eigenvalue weighted by Gasteiger charge is 2.32. The van der Waals surface area contributed by atoms with Crippen LogP contribution in [0.4, 0.5) is 10.5 Å². The van der Waals surface area contributed by atoms with Crippen LogP contribution < -0.4 is 10.6 Å². The van der Waals surface area contributed by atoms with E-state index < -0.39 is 23.6 Å². The highest BCUT2D eigenvalue weighted by molar-refractivity contribution is 6.14. The number of ether oxygens (including phenoxy) is 1. The monoisotopic (exact) mass is 442 g/mol. The molecule has 0 aliphatic heterocycles. The van der Waals surface area contributed by atoms with E-state index in [-0.39, 0.29) is 6.42 Å². The van der Waals surface area contributed by atoms with Crippen LogP contribution in [0.5, 0.6) is 0 Å². The largest absolute Gasteiger partial charge is 0.443 e. The van der Waals surface area contributed by atoms with Crippen LogP contribution in [0.1, 0.15) is 31.9 Å². The summed E-state index contributed by atoms with van der Waals surface area (Å²) in [5, 5.41) is 8.95. The van der Waals surface area contributed by atoms with Crippen molar-refractivity contribution in [2.24, 2.45) is 5.73 Å². The number of pyridine rings is 1. The molecular weight excluding hydrogens is 416 g/mol. The smallest absolute Gasteiger partial charge is 0.421 e. The molecule has 0 saturated heterocycles. The van der Waals surface area contributed by atoms with Crippen LogP contribution in [0.3, 0.4) is 0 Å². The van der Waals surface area contributed by atoms with Crippen LogP contribution >= 0.6 is 0 Å². The van der Waals surface area contributed by atoms with Gasteiger partial charge < -0.3 is 10.5 Å². The fraction of sp³-hybridized carbons (Fsp3) is 0.231. The van der Waals surface area contributed by atoms with E-state index in [1.165, 1.54) is 0 Å². The number of hydrogen-bond acceptors (Lipinski definition) is 6. The van der Waals surface area contributed by atoms with Gasteiger partial charge in [-0.3, -0.25) is 9.78 Å². The first-order valence-electron chi connectivity index (χ1n) is 10.5. The summed E-state index contributed by atoms with van der Waals surface area (Å²) in [6, 6.07) is 18.6. The minimum atomic E-state index is -0.981. The summed E-state index contributed by atoms with van der Waals surface area (Å²) < 4.78 is 5.49. The molecule has 3 rings (SSSR count). The van der Waals surface area contributed by atoms with Crippen molar-refractivity contribution < 1.29 is 14.3 Å². The molecule has 1 heterocycles. The van der Waals surface area contributed by atoms with Gasteiger partial charge in [-0.15, -0.1) is 0 Å².